The van der Waals surface area contributed by atoms with Gasteiger partial charge in [0.05, 0.1) is 6.54 Å². The topological polar surface area (TPSA) is 32.3 Å². The Bertz CT molecular complexity index is 420. The monoisotopic (exact) mass is 236 g/mol. The first-order chi connectivity index (χ1) is 8.20. The van der Waals surface area contributed by atoms with Crippen LogP contribution >= 0.6 is 0 Å². The van der Waals surface area contributed by atoms with Crippen molar-refractivity contribution in [3.8, 4) is 0 Å². The van der Waals surface area contributed by atoms with E-state index in [1.165, 1.54) is 6.07 Å². The van der Waals surface area contributed by atoms with E-state index >= 15 is 0 Å². The van der Waals surface area contributed by atoms with E-state index in [2.05, 4.69) is 5.32 Å². The van der Waals surface area contributed by atoms with E-state index < -0.39 is 0 Å². The second kappa shape index (κ2) is 5.27. The van der Waals surface area contributed by atoms with Crippen LogP contribution in [0, 0.1) is 5.82 Å². The zero-order valence-corrected chi connectivity index (χ0v) is 10.0. The molecule has 3 nitrogen and oxygen atoms in total. The number of rotatable bonds is 3. The van der Waals surface area contributed by atoms with Crippen LogP contribution in [0.2, 0.25) is 0 Å². The van der Waals surface area contributed by atoms with Gasteiger partial charge in [-0.1, -0.05) is 13.0 Å². The summed E-state index contributed by atoms with van der Waals surface area (Å²) in [6, 6.07) is 4.80. The molecule has 0 aromatic heterocycles. The van der Waals surface area contributed by atoms with Gasteiger partial charge < -0.3 is 10.2 Å². The molecule has 0 spiro atoms. The number of carbonyl (C=O) groups excluding carboxylic acids is 1. The molecular formula is C13H17FN2O. The first-order valence-corrected chi connectivity index (χ1v) is 5.96. The number of nitrogens with one attached hydrogen (secondary N) is 1. The molecular weight excluding hydrogens is 219 g/mol. The maximum atomic E-state index is 13.1. The fraction of sp³-hybridized carbons (Fsp3) is 0.462. The van der Waals surface area contributed by atoms with Crippen molar-refractivity contribution in [3.63, 3.8) is 0 Å². The molecule has 0 atom stereocenters. The third-order valence-electron chi connectivity index (χ3n) is 3.10. The van der Waals surface area contributed by atoms with E-state index in [0.29, 0.717) is 13.1 Å². The number of amides is 1. The van der Waals surface area contributed by atoms with Crippen molar-refractivity contribution in [2.75, 3.05) is 19.6 Å². The Labute approximate surface area is 101 Å². The normalized spacial score (nSPS) is 16.4. The number of piperazine rings is 1. The summed E-state index contributed by atoms with van der Waals surface area (Å²) in [5, 5.41) is 3.04. The van der Waals surface area contributed by atoms with Crippen molar-refractivity contribution >= 4 is 5.91 Å². The van der Waals surface area contributed by atoms with Crippen LogP contribution in [-0.4, -0.2) is 30.4 Å². The number of hydrogen-bond donors (Lipinski definition) is 1. The van der Waals surface area contributed by atoms with Crippen molar-refractivity contribution in [1.29, 1.82) is 0 Å². The summed E-state index contributed by atoms with van der Waals surface area (Å²) in [5.74, 6) is -0.0973. The molecule has 1 aromatic carbocycles. The van der Waals surface area contributed by atoms with Gasteiger partial charge in [0.2, 0.25) is 5.91 Å². The minimum atomic E-state index is -0.211. The Morgan fingerprint density at radius 1 is 1.41 bits per heavy atom. The zero-order valence-electron chi connectivity index (χ0n) is 10.0. The maximum absolute atomic E-state index is 13.1. The summed E-state index contributed by atoms with van der Waals surface area (Å²) >= 11 is 0. The van der Waals surface area contributed by atoms with Gasteiger partial charge in [-0.2, -0.15) is 0 Å². The molecule has 1 heterocycles. The second-order valence-electron chi connectivity index (χ2n) is 4.26. The van der Waals surface area contributed by atoms with Crippen molar-refractivity contribution in [1.82, 2.24) is 10.2 Å². The summed E-state index contributed by atoms with van der Waals surface area (Å²) in [6.07, 6.45) is 0.785. The van der Waals surface area contributed by atoms with Crippen LogP contribution in [0.4, 0.5) is 4.39 Å². The second-order valence-corrected chi connectivity index (χ2v) is 4.26. The lowest BCUT2D eigenvalue weighted by Gasteiger charge is -2.28. The highest BCUT2D eigenvalue weighted by Crippen LogP contribution is 2.15. The molecule has 0 aliphatic carbocycles. The van der Waals surface area contributed by atoms with Gasteiger partial charge in [-0.15, -0.1) is 0 Å². The van der Waals surface area contributed by atoms with Gasteiger partial charge in [-0.05, 0) is 29.7 Å². The summed E-state index contributed by atoms with van der Waals surface area (Å²) in [4.78, 5) is 13.5. The number of carbonyl (C=O) groups is 1. The van der Waals surface area contributed by atoms with Crippen molar-refractivity contribution in [2.24, 2.45) is 0 Å². The van der Waals surface area contributed by atoms with Gasteiger partial charge in [0, 0.05) is 19.6 Å². The minimum absolute atomic E-state index is 0.114. The predicted molar refractivity (Wildman–Crippen MR) is 64.1 cm³/mol. The highest BCUT2D eigenvalue weighted by molar-refractivity contribution is 5.79. The van der Waals surface area contributed by atoms with Crippen LogP contribution in [0.3, 0.4) is 0 Å². The van der Waals surface area contributed by atoms with E-state index in [9.17, 15) is 9.18 Å². The van der Waals surface area contributed by atoms with E-state index in [0.717, 1.165) is 30.6 Å². The lowest BCUT2D eigenvalue weighted by Crippen LogP contribution is -2.47. The largest absolute Gasteiger partial charge is 0.336 e. The van der Waals surface area contributed by atoms with Gasteiger partial charge in [-0.25, -0.2) is 4.39 Å². The predicted octanol–water partition coefficient (Wildman–Crippen LogP) is 1.32. The van der Waals surface area contributed by atoms with Gasteiger partial charge >= 0.3 is 0 Å². The molecule has 0 saturated carbocycles. The first-order valence-electron chi connectivity index (χ1n) is 5.96. The molecule has 1 amide bonds. The molecule has 1 saturated heterocycles. The summed E-state index contributed by atoms with van der Waals surface area (Å²) in [7, 11) is 0. The minimum Gasteiger partial charge on any atom is -0.336 e. The molecule has 92 valence electrons. The highest BCUT2D eigenvalue weighted by atomic mass is 19.1. The molecule has 2 rings (SSSR count). The molecule has 4 heteroatoms. The molecule has 0 bridgehead atoms. The highest BCUT2D eigenvalue weighted by Gasteiger charge is 2.18. The third kappa shape index (κ3) is 2.82. The number of nitrogens with zero attached hydrogens (tertiary/aromatic N) is 1. The summed E-state index contributed by atoms with van der Waals surface area (Å²) in [6.45, 7) is 4.54. The van der Waals surface area contributed by atoms with Crippen LogP contribution in [-0.2, 0) is 17.8 Å². The van der Waals surface area contributed by atoms with E-state index in [1.807, 2.05) is 11.8 Å². The molecule has 17 heavy (non-hydrogen) atoms. The summed E-state index contributed by atoms with van der Waals surface area (Å²) < 4.78 is 13.1. The van der Waals surface area contributed by atoms with Gasteiger partial charge in [-0.3, -0.25) is 4.79 Å². The molecule has 0 radical (unpaired) electrons. The molecule has 0 unspecified atom stereocenters. The van der Waals surface area contributed by atoms with Crippen LogP contribution in [0.5, 0.6) is 0 Å². The Morgan fingerprint density at radius 2 is 2.24 bits per heavy atom. The Morgan fingerprint density at radius 3 is 2.94 bits per heavy atom. The molecule has 1 fully saturated rings. The lowest BCUT2D eigenvalue weighted by atomic mass is 10.0. The third-order valence-corrected chi connectivity index (χ3v) is 3.10. The lowest BCUT2D eigenvalue weighted by molar-refractivity contribution is -0.132. The Hall–Kier alpha value is -1.42. The Kier molecular flexibility index (Phi) is 3.74. The van der Waals surface area contributed by atoms with E-state index in [-0.39, 0.29) is 11.7 Å². The first kappa shape index (κ1) is 12.0. The smallest absolute Gasteiger partial charge is 0.236 e. The molecule has 1 aliphatic rings. The van der Waals surface area contributed by atoms with E-state index in [1.54, 1.807) is 12.1 Å². The number of aryl methyl sites for hydroxylation is 1. The quantitative estimate of drug-likeness (QED) is 0.858. The molecule has 1 aromatic rings. The van der Waals surface area contributed by atoms with Gasteiger partial charge in [0.25, 0.3) is 0 Å². The number of hydrogen-bond acceptors (Lipinski definition) is 2. The molecule has 1 aliphatic heterocycles. The number of benzene rings is 1. The Balaban J connectivity index is 2.14. The average Bonchev–Trinajstić information content (AvgIpc) is 2.34. The fourth-order valence-corrected chi connectivity index (χ4v) is 2.10. The summed E-state index contributed by atoms with van der Waals surface area (Å²) in [5.41, 5.74) is 2.03. The SMILES string of the molecule is CCc1cc(F)ccc1CN1CCNCC1=O. The average molecular weight is 236 g/mol. The standard InChI is InChI=1S/C13H17FN2O/c1-2-10-7-12(14)4-3-11(10)9-16-6-5-15-8-13(16)17/h3-4,7,15H,2,5-6,8-9H2,1H3. The van der Waals surface area contributed by atoms with Crippen molar-refractivity contribution in [3.05, 3.63) is 35.1 Å². The molecule has 1 N–H and O–H groups in total. The van der Waals surface area contributed by atoms with Crippen molar-refractivity contribution in [2.45, 2.75) is 19.9 Å². The maximum Gasteiger partial charge on any atom is 0.236 e. The van der Waals surface area contributed by atoms with Gasteiger partial charge in [0.1, 0.15) is 5.82 Å². The fourth-order valence-electron chi connectivity index (χ4n) is 2.10. The van der Waals surface area contributed by atoms with Crippen LogP contribution in [0.1, 0.15) is 18.1 Å². The van der Waals surface area contributed by atoms with Crippen LogP contribution < -0.4 is 5.32 Å². The van der Waals surface area contributed by atoms with Crippen molar-refractivity contribution < 1.29 is 9.18 Å². The van der Waals surface area contributed by atoms with Crippen LogP contribution in [0.15, 0.2) is 18.2 Å². The van der Waals surface area contributed by atoms with Crippen LogP contribution in [0.25, 0.3) is 0 Å². The van der Waals surface area contributed by atoms with E-state index in [4.69, 9.17) is 0 Å². The van der Waals surface area contributed by atoms with Gasteiger partial charge in [0.15, 0.2) is 0 Å². The number of halogens is 1. The zero-order chi connectivity index (χ0) is 12.3.